The van der Waals surface area contributed by atoms with Crippen molar-refractivity contribution in [3.05, 3.63) is 39.9 Å². The number of carboxylic acids is 1. The molecule has 0 unspecified atom stereocenters. The van der Waals surface area contributed by atoms with Gasteiger partial charge < -0.3 is 10.4 Å². The number of aromatic carboxylic acids is 1. The van der Waals surface area contributed by atoms with E-state index in [9.17, 15) is 19.7 Å². The van der Waals surface area contributed by atoms with Crippen LogP contribution in [0.3, 0.4) is 0 Å². The molecule has 1 aromatic carbocycles. The van der Waals surface area contributed by atoms with Gasteiger partial charge in [0.2, 0.25) is 6.41 Å². The molecule has 1 amide bonds. The summed E-state index contributed by atoms with van der Waals surface area (Å²) in [7, 11) is 0. The summed E-state index contributed by atoms with van der Waals surface area (Å²) in [6.45, 7) is 0. The maximum atomic E-state index is 10.4. The van der Waals surface area contributed by atoms with Crippen molar-refractivity contribution in [1.29, 1.82) is 0 Å². The molecule has 1 saturated carbocycles. The van der Waals surface area contributed by atoms with E-state index in [1.54, 1.807) is 0 Å². The number of nitro benzene ring substituents is 1. The van der Waals surface area contributed by atoms with E-state index in [0.29, 0.717) is 6.04 Å². The second-order valence-electron chi connectivity index (χ2n) is 4.73. The van der Waals surface area contributed by atoms with Crippen LogP contribution in [-0.4, -0.2) is 28.5 Å². The van der Waals surface area contributed by atoms with Gasteiger partial charge in [-0.1, -0.05) is 25.3 Å². The van der Waals surface area contributed by atoms with Crippen LogP contribution >= 0.6 is 0 Å². The highest BCUT2D eigenvalue weighted by molar-refractivity contribution is 5.88. The fraction of sp³-hybridized carbons (Fsp3) is 0.429. The zero-order valence-electron chi connectivity index (χ0n) is 11.5. The van der Waals surface area contributed by atoms with Gasteiger partial charge in [0.15, 0.2) is 0 Å². The Balaban J connectivity index is 0.000000219. The lowest BCUT2D eigenvalue weighted by atomic mass is 9.96. The van der Waals surface area contributed by atoms with Crippen molar-refractivity contribution < 1.29 is 19.6 Å². The molecule has 0 heterocycles. The fourth-order valence-electron chi connectivity index (χ4n) is 2.12. The van der Waals surface area contributed by atoms with Crippen LogP contribution in [0.4, 0.5) is 5.69 Å². The van der Waals surface area contributed by atoms with Crippen molar-refractivity contribution in [2.75, 3.05) is 0 Å². The third-order valence-corrected chi connectivity index (χ3v) is 3.21. The van der Waals surface area contributed by atoms with Crippen LogP contribution in [0.5, 0.6) is 0 Å². The molecule has 21 heavy (non-hydrogen) atoms. The molecular formula is C14H18N2O5. The van der Waals surface area contributed by atoms with Crippen LogP contribution in [-0.2, 0) is 4.79 Å². The van der Waals surface area contributed by atoms with Crippen molar-refractivity contribution in [3.63, 3.8) is 0 Å². The Hall–Kier alpha value is -2.44. The van der Waals surface area contributed by atoms with Gasteiger partial charge in [-0.3, -0.25) is 14.9 Å². The van der Waals surface area contributed by atoms with Crippen LogP contribution in [0.15, 0.2) is 24.3 Å². The zero-order valence-corrected chi connectivity index (χ0v) is 11.5. The van der Waals surface area contributed by atoms with Crippen molar-refractivity contribution in [1.82, 2.24) is 5.32 Å². The van der Waals surface area contributed by atoms with Crippen LogP contribution in [0.2, 0.25) is 0 Å². The zero-order chi connectivity index (χ0) is 15.7. The first-order chi connectivity index (χ1) is 10.0. The van der Waals surface area contributed by atoms with Crippen molar-refractivity contribution in [3.8, 4) is 0 Å². The van der Waals surface area contributed by atoms with Crippen LogP contribution in [0.1, 0.15) is 42.5 Å². The summed E-state index contributed by atoms with van der Waals surface area (Å²) in [4.78, 5) is 29.9. The largest absolute Gasteiger partial charge is 0.478 e. The number of carbonyl (C=O) groups is 2. The van der Waals surface area contributed by atoms with E-state index in [0.717, 1.165) is 12.5 Å². The monoisotopic (exact) mass is 294 g/mol. The van der Waals surface area contributed by atoms with E-state index in [1.165, 1.54) is 50.3 Å². The molecule has 0 bridgehead atoms. The Morgan fingerprint density at radius 3 is 2.52 bits per heavy atom. The molecule has 0 saturated heterocycles. The van der Waals surface area contributed by atoms with Gasteiger partial charge in [-0.2, -0.15) is 0 Å². The quantitative estimate of drug-likeness (QED) is 0.503. The van der Waals surface area contributed by atoms with Crippen LogP contribution in [0, 0.1) is 10.1 Å². The summed E-state index contributed by atoms with van der Waals surface area (Å²) in [6, 6.07) is 5.38. The van der Waals surface area contributed by atoms with E-state index in [-0.39, 0.29) is 11.3 Å². The first-order valence-corrected chi connectivity index (χ1v) is 6.72. The van der Waals surface area contributed by atoms with Crippen molar-refractivity contribution >= 4 is 18.1 Å². The third-order valence-electron chi connectivity index (χ3n) is 3.21. The lowest BCUT2D eigenvalue weighted by Crippen LogP contribution is -2.29. The SMILES string of the molecule is O=C(O)c1cccc([N+](=O)[O-])c1.O=CNC1CCCCC1. The summed E-state index contributed by atoms with van der Waals surface area (Å²) in [6.07, 6.45) is 7.08. The molecule has 0 atom stereocenters. The highest BCUT2D eigenvalue weighted by atomic mass is 16.6. The molecule has 1 aliphatic rings. The highest BCUT2D eigenvalue weighted by Crippen LogP contribution is 2.16. The van der Waals surface area contributed by atoms with E-state index in [2.05, 4.69) is 5.32 Å². The van der Waals surface area contributed by atoms with Gasteiger partial charge in [0.25, 0.3) is 5.69 Å². The van der Waals surface area contributed by atoms with E-state index < -0.39 is 10.9 Å². The number of carboxylic acid groups (broad SMARTS) is 1. The molecule has 0 spiro atoms. The standard InChI is InChI=1S/C7H5NO4.C7H13NO/c9-7(10)5-2-1-3-6(4-5)8(11)12;9-6-8-7-4-2-1-3-5-7/h1-4H,(H,9,10);6-7H,1-5H2,(H,8,9). The number of benzene rings is 1. The normalized spacial score (nSPS) is 14.5. The highest BCUT2D eigenvalue weighted by Gasteiger charge is 2.10. The number of rotatable bonds is 4. The Labute approximate surface area is 122 Å². The smallest absolute Gasteiger partial charge is 0.335 e. The topological polar surface area (TPSA) is 110 Å². The number of hydrogen-bond donors (Lipinski definition) is 2. The number of nitrogens with zero attached hydrogens (tertiary/aromatic N) is 1. The van der Waals surface area contributed by atoms with E-state index in [4.69, 9.17) is 5.11 Å². The molecule has 2 N–H and O–H groups in total. The molecule has 7 nitrogen and oxygen atoms in total. The summed E-state index contributed by atoms with van der Waals surface area (Å²) in [5.41, 5.74) is -0.292. The second kappa shape index (κ2) is 8.68. The van der Waals surface area contributed by atoms with Crippen LogP contribution < -0.4 is 5.32 Å². The van der Waals surface area contributed by atoms with Gasteiger partial charge in [0.1, 0.15) is 0 Å². The number of carbonyl (C=O) groups excluding carboxylic acids is 1. The van der Waals surface area contributed by atoms with Gasteiger partial charge in [-0.15, -0.1) is 0 Å². The van der Waals surface area contributed by atoms with Crippen molar-refractivity contribution in [2.45, 2.75) is 38.1 Å². The van der Waals surface area contributed by atoms with Gasteiger partial charge in [0.05, 0.1) is 10.5 Å². The number of amides is 1. The number of non-ortho nitro benzene ring substituents is 1. The maximum Gasteiger partial charge on any atom is 0.335 e. The molecule has 1 aromatic rings. The van der Waals surface area contributed by atoms with Gasteiger partial charge >= 0.3 is 5.97 Å². The minimum atomic E-state index is -1.17. The lowest BCUT2D eigenvalue weighted by molar-refractivity contribution is -0.384. The molecule has 0 aromatic heterocycles. The number of hydrogen-bond acceptors (Lipinski definition) is 4. The Morgan fingerprint density at radius 1 is 1.33 bits per heavy atom. The molecular weight excluding hydrogens is 276 g/mol. The average Bonchev–Trinajstić information content (AvgIpc) is 2.49. The molecule has 1 fully saturated rings. The van der Waals surface area contributed by atoms with E-state index in [1.807, 2.05) is 0 Å². The average molecular weight is 294 g/mol. The minimum Gasteiger partial charge on any atom is -0.478 e. The second-order valence-corrected chi connectivity index (χ2v) is 4.73. The Bertz CT molecular complexity index is 469. The maximum absolute atomic E-state index is 10.4. The Kier molecular flexibility index (Phi) is 6.86. The molecule has 7 heteroatoms. The van der Waals surface area contributed by atoms with Crippen LogP contribution in [0.25, 0.3) is 0 Å². The number of nitro groups is 1. The molecule has 0 aliphatic heterocycles. The fourth-order valence-corrected chi connectivity index (χ4v) is 2.12. The molecule has 2 rings (SSSR count). The first kappa shape index (κ1) is 16.6. The van der Waals surface area contributed by atoms with Gasteiger partial charge in [0, 0.05) is 18.2 Å². The summed E-state index contributed by atoms with van der Waals surface area (Å²) in [5, 5.41) is 21.5. The summed E-state index contributed by atoms with van der Waals surface area (Å²) >= 11 is 0. The predicted octanol–water partition coefficient (Wildman–Crippen LogP) is 2.36. The van der Waals surface area contributed by atoms with Crippen molar-refractivity contribution in [2.24, 2.45) is 0 Å². The number of nitrogens with one attached hydrogen (secondary N) is 1. The molecule has 0 radical (unpaired) electrons. The van der Waals surface area contributed by atoms with Gasteiger partial charge in [-0.25, -0.2) is 4.79 Å². The first-order valence-electron chi connectivity index (χ1n) is 6.72. The molecule has 1 aliphatic carbocycles. The third kappa shape index (κ3) is 6.03. The minimum absolute atomic E-state index is 0.0794. The van der Waals surface area contributed by atoms with Gasteiger partial charge in [-0.05, 0) is 18.9 Å². The molecule has 114 valence electrons. The Morgan fingerprint density at radius 2 is 2.00 bits per heavy atom. The summed E-state index contributed by atoms with van der Waals surface area (Å²) < 4.78 is 0. The lowest BCUT2D eigenvalue weighted by Gasteiger charge is -2.19. The predicted molar refractivity (Wildman–Crippen MR) is 76.1 cm³/mol. The van der Waals surface area contributed by atoms with E-state index >= 15 is 0 Å². The summed E-state index contributed by atoms with van der Waals surface area (Å²) in [5.74, 6) is -1.17.